The molecular formula is C10H6F3N3O2. The fourth-order valence-electron chi connectivity index (χ4n) is 1.29. The lowest BCUT2D eigenvalue weighted by Gasteiger charge is -2.11. The van der Waals surface area contributed by atoms with E-state index in [0.717, 1.165) is 24.7 Å². The van der Waals surface area contributed by atoms with E-state index < -0.39 is 23.2 Å². The third kappa shape index (κ3) is 2.47. The molecule has 18 heavy (non-hydrogen) atoms. The third-order valence-electron chi connectivity index (χ3n) is 2.06. The molecule has 2 heterocycles. The summed E-state index contributed by atoms with van der Waals surface area (Å²) in [5.74, 6) is -0.932. The first-order chi connectivity index (χ1) is 8.48. The van der Waals surface area contributed by atoms with Gasteiger partial charge in [0, 0.05) is 12.4 Å². The molecule has 2 aromatic heterocycles. The molecule has 0 saturated carbocycles. The smallest absolute Gasteiger partial charge is 0.363 e. The van der Waals surface area contributed by atoms with Crippen LogP contribution in [0.2, 0.25) is 0 Å². The second-order valence-corrected chi connectivity index (χ2v) is 3.29. The summed E-state index contributed by atoms with van der Waals surface area (Å²) in [6, 6.07) is 0.739. The maximum atomic E-state index is 12.6. The molecule has 0 aliphatic carbocycles. The van der Waals surface area contributed by atoms with Crippen LogP contribution < -0.4 is 5.32 Å². The summed E-state index contributed by atoms with van der Waals surface area (Å²) in [6.07, 6.45) is -0.530. The first kappa shape index (κ1) is 12.1. The maximum Gasteiger partial charge on any atom is 0.417 e. The number of hydrogen-bond donors (Lipinski definition) is 1. The summed E-state index contributed by atoms with van der Waals surface area (Å²) >= 11 is 0. The average Bonchev–Trinajstić information content (AvgIpc) is 2.80. The van der Waals surface area contributed by atoms with E-state index in [1.54, 1.807) is 0 Å². The Morgan fingerprint density at radius 1 is 1.33 bits per heavy atom. The molecule has 0 saturated heterocycles. The van der Waals surface area contributed by atoms with Crippen molar-refractivity contribution in [2.75, 3.05) is 5.32 Å². The highest BCUT2D eigenvalue weighted by Crippen LogP contribution is 2.31. The SMILES string of the molecule is O=C(Nc1cnoc1)c1cnccc1C(F)(F)F. The number of nitrogens with zero attached hydrogens (tertiary/aromatic N) is 2. The highest BCUT2D eigenvalue weighted by atomic mass is 19.4. The molecule has 0 bridgehead atoms. The molecule has 0 fully saturated rings. The van der Waals surface area contributed by atoms with Crippen molar-refractivity contribution in [1.82, 2.24) is 10.1 Å². The molecule has 0 atom stereocenters. The Morgan fingerprint density at radius 3 is 2.72 bits per heavy atom. The number of carbonyl (C=O) groups excluding carboxylic acids is 1. The van der Waals surface area contributed by atoms with Crippen LogP contribution in [0.5, 0.6) is 0 Å². The predicted molar refractivity (Wildman–Crippen MR) is 53.7 cm³/mol. The maximum absolute atomic E-state index is 12.6. The minimum atomic E-state index is -4.62. The van der Waals surface area contributed by atoms with Crippen molar-refractivity contribution < 1.29 is 22.5 Å². The molecule has 0 unspecified atom stereocenters. The summed E-state index contributed by atoms with van der Waals surface area (Å²) < 4.78 is 42.4. The zero-order valence-electron chi connectivity index (χ0n) is 8.73. The standard InChI is InChI=1S/C10H6F3N3O2/c11-10(12,13)8-1-2-14-4-7(8)9(17)16-6-3-15-18-5-6/h1-5H,(H,16,17). The topological polar surface area (TPSA) is 68.0 Å². The van der Waals surface area contributed by atoms with Crippen molar-refractivity contribution in [3.8, 4) is 0 Å². The quantitative estimate of drug-likeness (QED) is 0.896. The Hall–Kier alpha value is -2.38. The summed E-state index contributed by atoms with van der Waals surface area (Å²) in [4.78, 5) is 15.2. The van der Waals surface area contributed by atoms with Crippen LogP contribution in [-0.4, -0.2) is 16.0 Å². The number of anilines is 1. The number of halogens is 3. The van der Waals surface area contributed by atoms with Crippen LogP contribution >= 0.6 is 0 Å². The van der Waals surface area contributed by atoms with Gasteiger partial charge in [-0.3, -0.25) is 9.78 Å². The van der Waals surface area contributed by atoms with Crippen LogP contribution in [0.1, 0.15) is 15.9 Å². The van der Waals surface area contributed by atoms with E-state index in [9.17, 15) is 18.0 Å². The molecule has 2 aromatic rings. The van der Waals surface area contributed by atoms with Gasteiger partial charge in [-0.2, -0.15) is 13.2 Å². The summed E-state index contributed by atoms with van der Waals surface area (Å²) in [5.41, 5.74) is -1.45. The Labute approximate surface area is 98.6 Å². The minimum Gasteiger partial charge on any atom is -0.363 e. The van der Waals surface area contributed by atoms with Crippen molar-refractivity contribution in [3.63, 3.8) is 0 Å². The van der Waals surface area contributed by atoms with Crippen molar-refractivity contribution in [3.05, 3.63) is 42.0 Å². The molecule has 0 aromatic carbocycles. The lowest BCUT2D eigenvalue weighted by atomic mass is 10.1. The lowest BCUT2D eigenvalue weighted by molar-refractivity contribution is -0.137. The molecule has 0 aliphatic rings. The van der Waals surface area contributed by atoms with Gasteiger partial charge in [0.05, 0.1) is 17.3 Å². The normalized spacial score (nSPS) is 11.3. The van der Waals surface area contributed by atoms with Gasteiger partial charge in [-0.15, -0.1) is 0 Å². The van der Waals surface area contributed by atoms with E-state index in [0.29, 0.717) is 0 Å². The molecule has 0 spiro atoms. The number of amides is 1. The molecule has 2 rings (SSSR count). The summed E-state index contributed by atoms with van der Waals surface area (Å²) in [6.45, 7) is 0. The summed E-state index contributed by atoms with van der Waals surface area (Å²) in [5, 5.41) is 5.53. The number of carbonyl (C=O) groups is 1. The highest BCUT2D eigenvalue weighted by molar-refractivity contribution is 6.05. The van der Waals surface area contributed by atoms with Crippen LogP contribution in [-0.2, 0) is 6.18 Å². The Balaban J connectivity index is 2.31. The molecule has 1 amide bonds. The molecular weight excluding hydrogens is 251 g/mol. The Bertz CT molecular complexity index is 552. The second kappa shape index (κ2) is 4.47. The highest BCUT2D eigenvalue weighted by Gasteiger charge is 2.35. The van der Waals surface area contributed by atoms with Crippen molar-refractivity contribution in [2.45, 2.75) is 6.18 Å². The largest absolute Gasteiger partial charge is 0.417 e. The number of pyridine rings is 1. The van der Waals surface area contributed by atoms with Gasteiger partial charge in [-0.25, -0.2) is 0 Å². The van der Waals surface area contributed by atoms with Crippen LogP contribution in [0, 0.1) is 0 Å². The van der Waals surface area contributed by atoms with E-state index in [4.69, 9.17) is 0 Å². The number of alkyl halides is 3. The van der Waals surface area contributed by atoms with Gasteiger partial charge in [0.25, 0.3) is 5.91 Å². The predicted octanol–water partition coefficient (Wildman–Crippen LogP) is 2.34. The van der Waals surface area contributed by atoms with Crippen molar-refractivity contribution in [1.29, 1.82) is 0 Å². The van der Waals surface area contributed by atoms with Gasteiger partial charge in [-0.1, -0.05) is 5.16 Å². The molecule has 5 nitrogen and oxygen atoms in total. The number of nitrogens with one attached hydrogen (secondary N) is 1. The van der Waals surface area contributed by atoms with Crippen molar-refractivity contribution >= 4 is 11.6 Å². The zero-order chi connectivity index (χ0) is 13.2. The van der Waals surface area contributed by atoms with Crippen molar-refractivity contribution in [2.24, 2.45) is 0 Å². The number of rotatable bonds is 2. The first-order valence-electron chi connectivity index (χ1n) is 4.70. The second-order valence-electron chi connectivity index (χ2n) is 3.29. The van der Waals surface area contributed by atoms with E-state index >= 15 is 0 Å². The molecule has 0 radical (unpaired) electrons. The third-order valence-corrected chi connectivity index (χ3v) is 2.06. The van der Waals surface area contributed by atoms with Gasteiger partial charge in [0.1, 0.15) is 12.0 Å². The van der Waals surface area contributed by atoms with Gasteiger partial charge in [0.15, 0.2) is 0 Å². The van der Waals surface area contributed by atoms with E-state index in [-0.39, 0.29) is 5.69 Å². The van der Waals surface area contributed by atoms with Crippen LogP contribution in [0.4, 0.5) is 18.9 Å². The fraction of sp³-hybridized carbons (Fsp3) is 0.100. The van der Waals surface area contributed by atoms with Gasteiger partial charge >= 0.3 is 6.18 Å². The van der Waals surface area contributed by atoms with E-state index in [1.807, 2.05) is 0 Å². The monoisotopic (exact) mass is 257 g/mol. The zero-order valence-corrected chi connectivity index (χ0v) is 8.73. The molecule has 0 aliphatic heterocycles. The molecule has 8 heteroatoms. The minimum absolute atomic E-state index is 0.164. The van der Waals surface area contributed by atoms with Gasteiger partial charge in [0.2, 0.25) is 0 Å². The number of hydrogen-bond acceptors (Lipinski definition) is 4. The van der Waals surface area contributed by atoms with Gasteiger partial charge < -0.3 is 9.84 Å². The lowest BCUT2D eigenvalue weighted by Crippen LogP contribution is -2.18. The number of aromatic nitrogens is 2. The molecule has 94 valence electrons. The average molecular weight is 257 g/mol. The van der Waals surface area contributed by atoms with Gasteiger partial charge in [-0.05, 0) is 6.07 Å². The molecule has 1 N–H and O–H groups in total. The van der Waals surface area contributed by atoms with Crippen LogP contribution in [0.15, 0.2) is 35.4 Å². The Morgan fingerprint density at radius 2 is 2.11 bits per heavy atom. The Kier molecular flexibility index (Phi) is 3.00. The van der Waals surface area contributed by atoms with E-state index in [1.165, 1.54) is 6.20 Å². The van der Waals surface area contributed by atoms with E-state index in [2.05, 4.69) is 20.0 Å². The van der Waals surface area contributed by atoms with Crippen LogP contribution in [0.3, 0.4) is 0 Å². The summed E-state index contributed by atoms with van der Waals surface area (Å²) in [7, 11) is 0. The fourth-order valence-corrected chi connectivity index (χ4v) is 1.29. The first-order valence-corrected chi connectivity index (χ1v) is 4.70. The van der Waals surface area contributed by atoms with Crippen LogP contribution in [0.25, 0.3) is 0 Å².